The third-order valence-electron chi connectivity index (χ3n) is 4.82. The molecule has 0 aromatic heterocycles. The Morgan fingerprint density at radius 2 is 1.77 bits per heavy atom. The Bertz CT molecular complexity index is 842. The van der Waals surface area contributed by atoms with Gasteiger partial charge in [0.2, 0.25) is 10.0 Å². The highest BCUT2D eigenvalue weighted by molar-refractivity contribution is 7.89. The number of nitrogens with zero attached hydrogens (tertiary/aromatic N) is 1. The van der Waals surface area contributed by atoms with Crippen LogP contribution in [0.5, 0.6) is 5.75 Å². The van der Waals surface area contributed by atoms with Crippen LogP contribution < -0.4 is 14.4 Å². The van der Waals surface area contributed by atoms with E-state index in [0.29, 0.717) is 12.2 Å². The summed E-state index contributed by atoms with van der Waals surface area (Å²) in [6.45, 7) is 4.45. The predicted octanol–water partition coefficient (Wildman–Crippen LogP) is 3.34. The van der Waals surface area contributed by atoms with Gasteiger partial charge in [0, 0.05) is 25.3 Å². The van der Waals surface area contributed by atoms with Gasteiger partial charge in [0.25, 0.3) is 0 Å². The van der Waals surface area contributed by atoms with E-state index in [-0.39, 0.29) is 11.4 Å². The molecule has 2 aromatic carbocycles. The second-order valence-corrected chi connectivity index (χ2v) is 8.28. The number of benzene rings is 2. The van der Waals surface area contributed by atoms with Gasteiger partial charge in [-0.05, 0) is 60.7 Å². The molecule has 26 heavy (non-hydrogen) atoms. The highest BCUT2D eigenvalue weighted by Gasteiger charge is 2.16. The summed E-state index contributed by atoms with van der Waals surface area (Å²) in [7, 11) is -1.97. The van der Waals surface area contributed by atoms with Crippen LogP contribution in [0, 0.1) is 0 Å². The van der Waals surface area contributed by atoms with E-state index in [2.05, 4.69) is 21.8 Å². The zero-order valence-corrected chi connectivity index (χ0v) is 16.2. The lowest BCUT2D eigenvalue weighted by molar-refractivity contribution is 0.409. The molecule has 140 valence electrons. The highest BCUT2D eigenvalue weighted by Crippen LogP contribution is 2.23. The number of anilines is 1. The third kappa shape index (κ3) is 4.19. The van der Waals surface area contributed by atoms with Gasteiger partial charge in [-0.25, -0.2) is 13.1 Å². The van der Waals surface area contributed by atoms with Gasteiger partial charge in [-0.15, -0.1) is 0 Å². The molecule has 1 saturated heterocycles. The summed E-state index contributed by atoms with van der Waals surface area (Å²) >= 11 is 0. The normalized spacial score (nSPS) is 14.6. The first-order valence-electron chi connectivity index (χ1n) is 9.04. The van der Waals surface area contributed by atoms with E-state index >= 15 is 0 Å². The van der Waals surface area contributed by atoms with Gasteiger partial charge < -0.3 is 9.64 Å². The molecule has 0 unspecified atom stereocenters. The van der Waals surface area contributed by atoms with Crippen LogP contribution in [-0.2, 0) is 23.0 Å². The molecule has 6 heteroatoms. The molecule has 1 aliphatic heterocycles. The Balaban J connectivity index is 1.68. The van der Waals surface area contributed by atoms with Crippen LogP contribution in [0.3, 0.4) is 0 Å². The second kappa shape index (κ2) is 8.10. The largest absolute Gasteiger partial charge is 0.496 e. The summed E-state index contributed by atoms with van der Waals surface area (Å²) in [6, 6.07) is 13.1. The first-order chi connectivity index (χ1) is 12.5. The fraction of sp³-hybridized carbons (Fsp3) is 0.400. The number of hydrogen-bond acceptors (Lipinski definition) is 4. The number of methoxy groups -OCH3 is 1. The smallest absolute Gasteiger partial charge is 0.240 e. The zero-order chi connectivity index (χ0) is 18.6. The summed E-state index contributed by atoms with van der Waals surface area (Å²) in [4.78, 5) is 2.63. The first kappa shape index (κ1) is 18.7. The van der Waals surface area contributed by atoms with E-state index in [1.807, 2.05) is 19.1 Å². The lowest BCUT2D eigenvalue weighted by Crippen LogP contribution is -2.23. The minimum Gasteiger partial charge on any atom is -0.496 e. The van der Waals surface area contributed by atoms with Crippen LogP contribution in [0.4, 0.5) is 5.69 Å². The molecule has 0 atom stereocenters. The van der Waals surface area contributed by atoms with E-state index in [9.17, 15) is 8.42 Å². The third-order valence-corrected chi connectivity index (χ3v) is 6.22. The molecule has 0 amide bonds. The second-order valence-electron chi connectivity index (χ2n) is 6.51. The zero-order valence-electron chi connectivity index (χ0n) is 15.4. The SMILES string of the molecule is CCc1cc(S(=O)(=O)NCc2ccc(N3CCCC3)cc2)ccc1OC. The van der Waals surface area contributed by atoms with Crippen LogP contribution in [0.25, 0.3) is 0 Å². The lowest BCUT2D eigenvalue weighted by atomic mass is 10.1. The molecule has 1 fully saturated rings. The van der Waals surface area contributed by atoms with Gasteiger partial charge in [-0.2, -0.15) is 0 Å². The number of ether oxygens (including phenoxy) is 1. The predicted molar refractivity (Wildman–Crippen MR) is 104 cm³/mol. The van der Waals surface area contributed by atoms with Crippen molar-refractivity contribution in [1.29, 1.82) is 0 Å². The van der Waals surface area contributed by atoms with E-state index in [1.54, 1.807) is 25.3 Å². The Kier molecular flexibility index (Phi) is 5.84. The summed E-state index contributed by atoms with van der Waals surface area (Å²) in [6.07, 6.45) is 3.19. The monoisotopic (exact) mass is 374 g/mol. The van der Waals surface area contributed by atoms with Crippen LogP contribution >= 0.6 is 0 Å². The average molecular weight is 375 g/mol. The molecule has 3 rings (SSSR count). The van der Waals surface area contributed by atoms with Crippen molar-refractivity contribution in [1.82, 2.24) is 4.72 Å². The van der Waals surface area contributed by atoms with Crippen LogP contribution in [-0.4, -0.2) is 28.6 Å². The minimum absolute atomic E-state index is 0.267. The van der Waals surface area contributed by atoms with Gasteiger partial charge in [0.05, 0.1) is 12.0 Å². The topological polar surface area (TPSA) is 58.6 Å². The van der Waals surface area contributed by atoms with Gasteiger partial charge in [0.15, 0.2) is 0 Å². The van der Waals surface area contributed by atoms with Crippen molar-refractivity contribution in [3.63, 3.8) is 0 Å². The highest BCUT2D eigenvalue weighted by atomic mass is 32.2. The van der Waals surface area contributed by atoms with Gasteiger partial charge in [-0.1, -0.05) is 19.1 Å². The molecule has 0 radical (unpaired) electrons. The van der Waals surface area contributed by atoms with E-state index < -0.39 is 10.0 Å². The van der Waals surface area contributed by atoms with Gasteiger partial charge in [0.1, 0.15) is 5.75 Å². The van der Waals surface area contributed by atoms with E-state index in [0.717, 1.165) is 24.2 Å². The molecular formula is C20H26N2O3S. The standard InChI is InChI=1S/C20H26N2O3S/c1-3-17-14-19(10-11-20(17)25-2)26(23,24)21-15-16-6-8-18(9-7-16)22-12-4-5-13-22/h6-11,14,21H,3-5,12-13,15H2,1-2H3. The molecule has 0 saturated carbocycles. The Morgan fingerprint density at radius 3 is 2.38 bits per heavy atom. The number of nitrogens with one attached hydrogen (secondary N) is 1. The maximum atomic E-state index is 12.6. The fourth-order valence-electron chi connectivity index (χ4n) is 3.26. The first-order valence-corrected chi connectivity index (χ1v) is 10.5. The number of hydrogen-bond donors (Lipinski definition) is 1. The Labute approximate surface area is 156 Å². The van der Waals surface area contributed by atoms with E-state index in [1.165, 1.54) is 18.5 Å². The Morgan fingerprint density at radius 1 is 1.08 bits per heavy atom. The number of sulfonamides is 1. The molecule has 0 bridgehead atoms. The number of rotatable bonds is 7. The molecule has 5 nitrogen and oxygen atoms in total. The molecule has 2 aromatic rings. The van der Waals surface area contributed by atoms with Gasteiger partial charge in [-0.3, -0.25) is 0 Å². The van der Waals surface area contributed by atoms with Crippen LogP contribution in [0.2, 0.25) is 0 Å². The quantitative estimate of drug-likeness (QED) is 0.808. The van der Waals surface area contributed by atoms with Crippen molar-refractivity contribution in [3.05, 3.63) is 53.6 Å². The van der Waals surface area contributed by atoms with Crippen molar-refractivity contribution in [2.24, 2.45) is 0 Å². The van der Waals surface area contributed by atoms with Crippen molar-refractivity contribution >= 4 is 15.7 Å². The molecule has 1 N–H and O–H groups in total. The molecule has 0 spiro atoms. The fourth-order valence-corrected chi connectivity index (χ4v) is 4.33. The van der Waals surface area contributed by atoms with E-state index in [4.69, 9.17) is 4.74 Å². The average Bonchev–Trinajstić information content (AvgIpc) is 3.21. The van der Waals surface area contributed by atoms with Crippen molar-refractivity contribution < 1.29 is 13.2 Å². The molecule has 1 aliphatic rings. The molecule has 0 aliphatic carbocycles. The summed E-state index contributed by atoms with van der Waals surface area (Å²) in [5.74, 6) is 0.712. The summed E-state index contributed by atoms with van der Waals surface area (Å²) in [5, 5.41) is 0. The summed E-state index contributed by atoms with van der Waals surface area (Å²) in [5.41, 5.74) is 3.03. The van der Waals surface area contributed by atoms with Crippen LogP contribution in [0.15, 0.2) is 47.4 Å². The minimum atomic E-state index is -3.56. The van der Waals surface area contributed by atoms with Crippen LogP contribution in [0.1, 0.15) is 30.9 Å². The number of aryl methyl sites for hydroxylation is 1. The lowest BCUT2D eigenvalue weighted by Gasteiger charge is -2.17. The van der Waals surface area contributed by atoms with Crippen molar-refractivity contribution in [2.45, 2.75) is 37.6 Å². The summed E-state index contributed by atoms with van der Waals surface area (Å²) < 4.78 is 33.1. The Hall–Kier alpha value is -2.05. The van der Waals surface area contributed by atoms with Crippen molar-refractivity contribution in [2.75, 3.05) is 25.1 Å². The van der Waals surface area contributed by atoms with Gasteiger partial charge >= 0.3 is 0 Å². The molecule has 1 heterocycles. The molecular weight excluding hydrogens is 348 g/mol. The maximum Gasteiger partial charge on any atom is 0.240 e. The van der Waals surface area contributed by atoms with Crippen molar-refractivity contribution in [3.8, 4) is 5.75 Å². The maximum absolute atomic E-state index is 12.6.